The fourth-order valence-electron chi connectivity index (χ4n) is 2.60. The number of hydrogen-bond donors (Lipinski definition) is 2. The van der Waals surface area contributed by atoms with Gasteiger partial charge >= 0.3 is 6.09 Å². The number of nitrogens with one attached hydrogen (secondary N) is 1. The third-order valence-corrected chi connectivity index (χ3v) is 3.61. The van der Waals surface area contributed by atoms with Crippen LogP contribution in [0.1, 0.15) is 33.6 Å². The largest absolute Gasteiger partial charge is 0.508 e. The lowest BCUT2D eigenvalue weighted by Crippen LogP contribution is -2.44. The minimum absolute atomic E-state index is 0.227. The maximum Gasteiger partial charge on any atom is 0.410 e. The predicted molar refractivity (Wildman–Crippen MR) is 87.1 cm³/mol. The minimum atomic E-state index is -0.455. The number of carbonyl (C=O) groups excluding carboxylic acids is 1. The topological polar surface area (TPSA) is 61.8 Å². The molecule has 1 amide bonds. The third kappa shape index (κ3) is 5.13. The Kier molecular flexibility index (Phi) is 5.16. The molecule has 1 aromatic rings. The van der Waals surface area contributed by atoms with Gasteiger partial charge in [0.15, 0.2) is 0 Å². The molecule has 0 bridgehead atoms. The summed E-state index contributed by atoms with van der Waals surface area (Å²) in [7, 11) is 0. The van der Waals surface area contributed by atoms with Gasteiger partial charge in [-0.25, -0.2) is 4.79 Å². The van der Waals surface area contributed by atoms with Crippen LogP contribution in [0, 0.1) is 5.92 Å². The number of anilines is 1. The molecule has 5 heteroatoms. The van der Waals surface area contributed by atoms with Gasteiger partial charge < -0.3 is 20.1 Å². The summed E-state index contributed by atoms with van der Waals surface area (Å²) in [5, 5.41) is 12.8. The number of carbonyl (C=O) groups is 1. The molecular weight excluding hydrogens is 280 g/mol. The van der Waals surface area contributed by atoms with Crippen molar-refractivity contribution >= 4 is 11.8 Å². The van der Waals surface area contributed by atoms with Crippen LogP contribution in [-0.2, 0) is 4.74 Å². The molecule has 5 nitrogen and oxygen atoms in total. The van der Waals surface area contributed by atoms with Gasteiger partial charge in [-0.1, -0.05) is 6.07 Å². The van der Waals surface area contributed by atoms with Crippen molar-refractivity contribution in [2.75, 3.05) is 25.0 Å². The summed E-state index contributed by atoms with van der Waals surface area (Å²) < 4.78 is 5.44. The van der Waals surface area contributed by atoms with Gasteiger partial charge in [0.05, 0.1) is 0 Å². The van der Waals surface area contributed by atoms with Crippen molar-refractivity contribution < 1.29 is 14.6 Å². The number of amides is 1. The van der Waals surface area contributed by atoms with Crippen molar-refractivity contribution in [1.29, 1.82) is 0 Å². The van der Waals surface area contributed by atoms with Crippen molar-refractivity contribution in [3.05, 3.63) is 24.3 Å². The van der Waals surface area contributed by atoms with Gasteiger partial charge in [-0.05, 0) is 51.7 Å². The second-order valence-corrected chi connectivity index (χ2v) is 6.87. The van der Waals surface area contributed by atoms with E-state index in [0.29, 0.717) is 12.5 Å². The first-order valence-electron chi connectivity index (χ1n) is 7.84. The van der Waals surface area contributed by atoms with Crippen molar-refractivity contribution in [2.45, 2.75) is 39.2 Å². The van der Waals surface area contributed by atoms with Gasteiger partial charge in [-0.3, -0.25) is 0 Å². The number of hydrogen-bond acceptors (Lipinski definition) is 4. The Bertz CT molecular complexity index is 511. The number of likely N-dealkylation sites (tertiary alicyclic amines) is 1. The Morgan fingerprint density at radius 2 is 2.23 bits per heavy atom. The van der Waals surface area contributed by atoms with E-state index in [-0.39, 0.29) is 11.8 Å². The van der Waals surface area contributed by atoms with Crippen LogP contribution < -0.4 is 5.32 Å². The van der Waals surface area contributed by atoms with Crippen LogP contribution in [0.3, 0.4) is 0 Å². The molecule has 1 saturated heterocycles. The molecule has 1 aliphatic heterocycles. The predicted octanol–water partition coefficient (Wildman–Crippen LogP) is 3.45. The highest BCUT2D eigenvalue weighted by molar-refractivity contribution is 5.68. The number of aromatic hydroxyl groups is 1. The van der Waals surface area contributed by atoms with E-state index in [0.717, 1.165) is 31.6 Å². The molecule has 1 aromatic carbocycles. The molecule has 1 heterocycles. The van der Waals surface area contributed by atoms with E-state index in [9.17, 15) is 9.90 Å². The lowest BCUT2D eigenvalue weighted by Gasteiger charge is -2.34. The summed E-state index contributed by atoms with van der Waals surface area (Å²) in [6.45, 7) is 7.91. The summed E-state index contributed by atoms with van der Waals surface area (Å²) in [5.74, 6) is 0.646. The smallest absolute Gasteiger partial charge is 0.410 e. The zero-order chi connectivity index (χ0) is 16.2. The van der Waals surface area contributed by atoms with Crippen LogP contribution in [0.4, 0.5) is 10.5 Å². The van der Waals surface area contributed by atoms with Crippen molar-refractivity contribution in [2.24, 2.45) is 5.92 Å². The molecule has 0 spiro atoms. The summed E-state index contributed by atoms with van der Waals surface area (Å²) in [4.78, 5) is 13.9. The standard InChI is InChI=1S/C17H26N2O3/c1-17(2,3)22-16(21)19-9-5-6-13(12-19)11-18-14-7-4-8-15(20)10-14/h4,7-8,10,13,18,20H,5-6,9,11-12H2,1-3H3. The summed E-state index contributed by atoms with van der Waals surface area (Å²) in [6, 6.07) is 7.09. The van der Waals surface area contributed by atoms with Gasteiger partial charge in [0.2, 0.25) is 0 Å². The first-order chi connectivity index (χ1) is 10.3. The first-order valence-corrected chi connectivity index (χ1v) is 7.84. The van der Waals surface area contributed by atoms with E-state index in [2.05, 4.69) is 5.32 Å². The Hall–Kier alpha value is -1.91. The zero-order valence-corrected chi connectivity index (χ0v) is 13.6. The third-order valence-electron chi connectivity index (χ3n) is 3.61. The number of piperidine rings is 1. The molecule has 0 radical (unpaired) electrons. The van der Waals surface area contributed by atoms with Crippen LogP contribution in [0.15, 0.2) is 24.3 Å². The average Bonchev–Trinajstić information content (AvgIpc) is 2.44. The van der Waals surface area contributed by atoms with E-state index < -0.39 is 5.60 Å². The molecular formula is C17H26N2O3. The Labute approximate surface area is 132 Å². The van der Waals surface area contributed by atoms with Gasteiger partial charge in [0.25, 0.3) is 0 Å². The quantitative estimate of drug-likeness (QED) is 0.898. The zero-order valence-electron chi connectivity index (χ0n) is 13.6. The Morgan fingerprint density at radius 1 is 1.45 bits per heavy atom. The number of ether oxygens (including phenoxy) is 1. The van der Waals surface area contributed by atoms with Crippen molar-refractivity contribution in [3.8, 4) is 5.75 Å². The SMILES string of the molecule is CC(C)(C)OC(=O)N1CCCC(CNc2cccc(O)c2)C1. The molecule has 2 N–H and O–H groups in total. The maximum atomic E-state index is 12.1. The fourth-order valence-corrected chi connectivity index (χ4v) is 2.60. The molecule has 0 aliphatic carbocycles. The molecule has 122 valence electrons. The van der Waals surface area contributed by atoms with Crippen LogP contribution in [0.25, 0.3) is 0 Å². The number of phenols is 1. The highest BCUT2D eigenvalue weighted by Crippen LogP contribution is 2.21. The molecule has 0 aromatic heterocycles. The van der Waals surface area contributed by atoms with Crippen LogP contribution in [0.2, 0.25) is 0 Å². The van der Waals surface area contributed by atoms with Gasteiger partial charge in [0.1, 0.15) is 11.4 Å². The number of phenolic OH excluding ortho intramolecular Hbond substituents is 1. The molecule has 1 aliphatic rings. The lowest BCUT2D eigenvalue weighted by molar-refractivity contribution is 0.0172. The summed E-state index contributed by atoms with van der Waals surface area (Å²) in [6.07, 6.45) is 1.85. The molecule has 1 unspecified atom stereocenters. The fraction of sp³-hybridized carbons (Fsp3) is 0.588. The monoisotopic (exact) mass is 306 g/mol. The lowest BCUT2D eigenvalue weighted by atomic mass is 9.98. The van der Waals surface area contributed by atoms with Crippen molar-refractivity contribution in [3.63, 3.8) is 0 Å². The Morgan fingerprint density at radius 3 is 2.91 bits per heavy atom. The highest BCUT2D eigenvalue weighted by Gasteiger charge is 2.27. The maximum absolute atomic E-state index is 12.1. The number of nitrogens with zero attached hydrogens (tertiary/aromatic N) is 1. The van der Waals surface area contributed by atoms with E-state index in [4.69, 9.17) is 4.74 Å². The van der Waals surface area contributed by atoms with E-state index in [1.165, 1.54) is 0 Å². The van der Waals surface area contributed by atoms with Crippen LogP contribution in [-0.4, -0.2) is 41.3 Å². The average molecular weight is 306 g/mol. The molecule has 22 heavy (non-hydrogen) atoms. The second kappa shape index (κ2) is 6.90. The van der Waals surface area contributed by atoms with Crippen LogP contribution in [0.5, 0.6) is 5.75 Å². The minimum Gasteiger partial charge on any atom is -0.508 e. The highest BCUT2D eigenvalue weighted by atomic mass is 16.6. The Balaban J connectivity index is 1.84. The van der Waals surface area contributed by atoms with Crippen LogP contribution >= 0.6 is 0 Å². The molecule has 2 rings (SSSR count). The number of rotatable bonds is 3. The molecule has 0 saturated carbocycles. The summed E-state index contributed by atoms with van der Waals surface area (Å²) >= 11 is 0. The molecule has 1 atom stereocenters. The first kappa shape index (κ1) is 16.5. The van der Waals surface area contributed by atoms with E-state index >= 15 is 0 Å². The van der Waals surface area contributed by atoms with Gasteiger partial charge in [-0.2, -0.15) is 0 Å². The summed E-state index contributed by atoms with van der Waals surface area (Å²) in [5.41, 5.74) is 0.443. The normalized spacial score (nSPS) is 18.9. The molecule has 1 fully saturated rings. The second-order valence-electron chi connectivity index (χ2n) is 6.87. The van der Waals surface area contributed by atoms with Gasteiger partial charge in [0, 0.05) is 31.4 Å². The van der Waals surface area contributed by atoms with Crippen molar-refractivity contribution in [1.82, 2.24) is 4.90 Å². The van der Waals surface area contributed by atoms with E-state index in [1.54, 1.807) is 17.0 Å². The van der Waals surface area contributed by atoms with Gasteiger partial charge in [-0.15, -0.1) is 0 Å². The van der Waals surface area contributed by atoms with E-state index in [1.807, 2.05) is 32.9 Å². The number of benzene rings is 1.